The molecule has 20 heavy (non-hydrogen) atoms. The van der Waals surface area contributed by atoms with Gasteiger partial charge in [0.1, 0.15) is 0 Å². The van der Waals surface area contributed by atoms with E-state index in [4.69, 9.17) is 0 Å². The van der Waals surface area contributed by atoms with Gasteiger partial charge in [0.25, 0.3) is 0 Å². The fourth-order valence-corrected chi connectivity index (χ4v) is 2.84. The minimum absolute atomic E-state index is 0.0431. The predicted octanol–water partition coefficient (Wildman–Crippen LogP) is 3.01. The van der Waals surface area contributed by atoms with Gasteiger partial charge in [0.2, 0.25) is 0 Å². The highest BCUT2D eigenvalue weighted by Crippen LogP contribution is 2.23. The van der Waals surface area contributed by atoms with E-state index in [1.807, 2.05) is 18.7 Å². The maximum absolute atomic E-state index is 12.2. The van der Waals surface area contributed by atoms with Crippen molar-refractivity contribution in [3.05, 3.63) is 0 Å². The van der Waals surface area contributed by atoms with Crippen LogP contribution in [0, 0.1) is 11.3 Å². The number of amides is 2. The second kappa shape index (κ2) is 7.87. The van der Waals surface area contributed by atoms with Crippen molar-refractivity contribution in [1.82, 2.24) is 10.2 Å². The molecule has 0 spiro atoms. The van der Waals surface area contributed by atoms with Gasteiger partial charge in [-0.3, -0.25) is 0 Å². The zero-order valence-electron chi connectivity index (χ0n) is 13.6. The summed E-state index contributed by atoms with van der Waals surface area (Å²) in [4.78, 5) is 14.2. The van der Waals surface area contributed by atoms with Crippen LogP contribution in [-0.4, -0.2) is 41.8 Å². The molecule has 1 heterocycles. The van der Waals surface area contributed by atoms with Crippen LogP contribution in [0.3, 0.4) is 0 Å². The first kappa shape index (κ1) is 17.3. The van der Waals surface area contributed by atoms with Gasteiger partial charge in [-0.15, -0.1) is 0 Å². The number of aliphatic hydroxyl groups excluding tert-OH is 1. The molecule has 0 aromatic rings. The molecule has 2 amide bonds. The van der Waals surface area contributed by atoms with Crippen LogP contribution >= 0.6 is 0 Å². The number of nitrogens with one attached hydrogen (secondary N) is 1. The highest BCUT2D eigenvalue weighted by molar-refractivity contribution is 5.74. The van der Waals surface area contributed by atoms with E-state index in [1.54, 1.807) is 0 Å². The molecule has 1 fully saturated rings. The van der Waals surface area contributed by atoms with Crippen LogP contribution < -0.4 is 5.32 Å². The average Bonchev–Trinajstić information content (AvgIpc) is 2.81. The van der Waals surface area contributed by atoms with Crippen molar-refractivity contribution in [2.45, 2.75) is 65.8 Å². The molecule has 4 heteroatoms. The first-order chi connectivity index (χ1) is 9.35. The zero-order chi connectivity index (χ0) is 15.2. The Balaban J connectivity index is 2.28. The summed E-state index contributed by atoms with van der Waals surface area (Å²) < 4.78 is 0. The highest BCUT2D eigenvalue weighted by Gasteiger charge is 2.28. The summed E-state index contributed by atoms with van der Waals surface area (Å²) in [6, 6.07) is 0.513. The van der Waals surface area contributed by atoms with Crippen LogP contribution in [0.2, 0.25) is 0 Å². The number of carbonyl (C=O) groups excluding carboxylic acids is 1. The number of aliphatic hydroxyl groups is 1. The fraction of sp³-hybridized carbons (Fsp3) is 0.938. The molecule has 118 valence electrons. The van der Waals surface area contributed by atoms with Crippen molar-refractivity contribution in [2.24, 2.45) is 11.3 Å². The van der Waals surface area contributed by atoms with E-state index >= 15 is 0 Å². The van der Waals surface area contributed by atoms with Crippen molar-refractivity contribution in [1.29, 1.82) is 0 Å². The first-order valence-electron chi connectivity index (χ1n) is 8.01. The van der Waals surface area contributed by atoms with Crippen molar-refractivity contribution < 1.29 is 9.90 Å². The number of hydrogen-bond acceptors (Lipinski definition) is 2. The van der Waals surface area contributed by atoms with Crippen molar-refractivity contribution in [2.75, 3.05) is 19.7 Å². The third kappa shape index (κ3) is 5.70. The summed E-state index contributed by atoms with van der Waals surface area (Å²) in [5.41, 5.74) is -0.0431. The molecule has 0 aromatic carbocycles. The Morgan fingerprint density at radius 1 is 1.45 bits per heavy atom. The summed E-state index contributed by atoms with van der Waals surface area (Å²) in [5, 5.41) is 12.2. The molecule has 4 nitrogen and oxygen atoms in total. The standard InChI is InChI=1S/C16H32N2O2/c1-13(2)11-14-7-5-10-18(14)15(20)17-9-6-8-16(3,4)12-19/h13-14,19H,5-12H2,1-4H3,(H,17,20). The fourth-order valence-electron chi connectivity index (χ4n) is 2.84. The van der Waals surface area contributed by atoms with Crippen molar-refractivity contribution >= 4 is 6.03 Å². The monoisotopic (exact) mass is 284 g/mol. The number of rotatable bonds is 7. The molecule has 2 N–H and O–H groups in total. The van der Waals surface area contributed by atoms with Crippen LogP contribution in [0.15, 0.2) is 0 Å². The maximum atomic E-state index is 12.2. The van der Waals surface area contributed by atoms with E-state index in [2.05, 4.69) is 19.2 Å². The Labute approximate surface area is 123 Å². The molecule has 0 aliphatic carbocycles. The van der Waals surface area contributed by atoms with Crippen LogP contribution in [0.4, 0.5) is 4.79 Å². The minimum atomic E-state index is -0.0431. The van der Waals surface area contributed by atoms with Crippen LogP contribution in [0.5, 0.6) is 0 Å². The lowest BCUT2D eigenvalue weighted by Crippen LogP contribution is -2.43. The van der Waals surface area contributed by atoms with Crippen LogP contribution in [0.25, 0.3) is 0 Å². The second-order valence-corrected chi connectivity index (χ2v) is 7.28. The SMILES string of the molecule is CC(C)CC1CCCN1C(=O)NCCCC(C)(C)CO. The highest BCUT2D eigenvalue weighted by atomic mass is 16.3. The van der Waals surface area contributed by atoms with Crippen molar-refractivity contribution in [3.8, 4) is 0 Å². The van der Waals surface area contributed by atoms with Gasteiger partial charge in [0, 0.05) is 25.7 Å². The zero-order valence-corrected chi connectivity index (χ0v) is 13.6. The van der Waals surface area contributed by atoms with Crippen LogP contribution in [-0.2, 0) is 0 Å². The van der Waals surface area contributed by atoms with Gasteiger partial charge in [-0.1, -0.05) is 27.7 Å². The number of nitrogens with zero attached hydrogens (tertiary/aromatic N) is 1. The Bertz CT molecular complexity index is 303. The number of likely N-dealkylation sites (tertiary alicyclic amines) is 1. The molecule has 1 atom stereocenters. The first-order valence-corrected chi connectivity index (χ1v) is 8.01. The molecule has 1 aliphatic heterocycles. The van der Waals surface area contributed by atoms with E-state index in [9.17, 15) is 9.90 Å². The van der Waals surface area contributed by atoms with E-state index in [1.165, 1.54) is 0 Å². The third-order valence-electron chi connectivity index (χ3n) is 4.12. The molecule has 0 saturated carbocycles. The predicted molar refractivity (Wildman–Crippen MR) is 82.7 cm³/mol. The quantitative estimate of drug-likeness (QED) is 0.706. The topological polar surface area (TPSA) is 52.6 Å². The van der Waals surface area contributed by atoms with Crippen molar-refractivity contribution in [3.63, 3.8) is 0 Å². The molecule has 1 rings (SSSR count). The maximum Gasteiger partial charge on any atom is 0.317 e. The largest absolute Gasteiger partial charge is 0.396 e. The number of urea groups is 1. The lowest BCUT2D eigenvalue weighted by molar-refractivity contribution is 0.147. The van der Waals surface area contributed by atoms with E-state index in [0.29, 0.717) is 18.5 Å². The molecule has 0 radical (unpaired) electrons. The number of carbonyl (C=O) groups is 1. The second-order valence-electron chi connectivity index (χ2n) is 7.28. The molecular weight excluding hydrogens is 252 g/mol. The van der Waals surface area contributed by atoms with Gasteiger partial charge in [-0.2, -0.15) is 0 Å². The van der Waals surface area contributed by atoms with Gasteiger partial charge < -0.3 is 15.3 Å². The van der Waals surface area contributed by atoms with Gasteiger partial charge >= 0.3 is 6.03 Å². The summed E-state index contributed by atoms with van der Waals surface area (Å²) in [6.45, 7) is 10.3. The summed E-state index contributed by atoms with van der Waals surface area (Å²) >= 11 is 0. The Morgan fingerprint density at radius 3 is 2.75 bits per heavy atom. The Hall–Kier alpha value is -0.770. The minimum Gasteiger partial charge on any atom is -0.396 e. The van der Waals surface area contributed by atoms with Gasteiger partial charge in [-0.25, -0.2) is 4.79 Å². The molecule has 0 bridgehead atoms. The Kier molecular flexibility index (Phi) is 6.80. The summed E-state index contributed by atoms with van der Waals surface area (Å²) in [6.07, 6.45) is 5.22. The Morgan fingerprint density at radius 2 is 2.15 bits per heavy atom. The average molecular weight is 284 g/mol. The van der Waals surface area contributed by atoms with Gasteiger partial charge in [0.15, 0.2) is 0 Å². The molecule has 0 aromatic heterocycles. The van der Waals surface area contributed by atoms with Gasteiger partial charge in [0.05, 0.1) is 0 Å². The third-order valence-corrected chi connectivity index (χ3v) is 4.12. The normalized spacial score (nSPS) is 19.7. The van der Waals surface area contributed by atoms with Gasteiger partial charge in [-0.05, 0) is 43.4 Å². The van der Waals surface area contributed by atoms with E-state index < -0.39 is 0 Å². The molecule has 1 unspecified atom stereocenters. The van der Waals surface area contributed by atoms with E-state index in [0.717, 1.165) is 38.6 Å². The summed E-state index contributed by atoms with van der Waals surface area (Å²) in [5.74, 6) is 0.638. The lowest BCUT2D eigenvalue weighted by Gasteiger charge is -2.27. The molecular formula is C16H32N2O2. The lowest BCUT2D eigenvalue weighted by atomic mass is 9.89. The molecule has 1 aliphatic rings. The molecule has 1 saturated heterocycles. The summed E-state index contributed by atoms with van der Waals surface area (Å²) in [7, 11) is 0. The number of hydrogen-bond donors (Lipinski definition) is 2. The van der Waals surface area contributed by atoms with Crippen LogP contribution in [0.1, 0.15) is 59.8 Å². The smallest absolute Gasteiger partial charge is 0.317 e. The van der Waals surface area contributed by atoms with E-state index in [-0.39, 0.29) is 18.1 Å².